The second kappa shape index (κ2) is 7.97. The van der Waals surface area contributed by atoms with Crippen LogP contribution in [0.2, 0.25) is 0 Å². The zero-order valence-corrected chi connectivity index (χ0v) is 16.9. The Morgan fingerprint density at radius 1 is 0.871 bits per heavy atom. The third-order valence-corrected chi connectivity index (χ3v) is 6.11. The van der Waals surface area contributed by atoms with Gasteiger partial charge in [-0.15, -0.1) is 0 Å². The van der Waals surface area contributed by atoms with E-state index < -0.39 is 15.9 Å². The number of nitrogens with zero attached hydrogens (tertiary/aromatic N) is 2. The maximum atomic E-state index is 12.9. The minimum Gasteiger partial charge on any atom is -0.867 e. The molecule has 154 valence electrons. The summed E-state index contributed by atoms with van der Waals surface area (Å²) in [6.07, 6.45) is 0.612. The van der Waals surface area contributed by atoms with Crippen molar-refractivity contribution in [2.24, 2.45) is 0 Å². The summed E-state index contributed by atoms with van der Waals surface area (Å²) in [6.45, 7) is 0. The van der Waals surface area contributed by atoms with Gasteiger partial charge in [-0.3, -0.25) is 0 Å². The number of diazo groups is 1. The second-order valence-corrected chi connectivity index (χ2v) is 8.40. The van der Waals surface area contributed by atoms with Gasteiger partial charge >= 0.3 is 15.8 Å². The van der Waals surface area contributed by atoms with Crippen molar-refractivity contribution in [2.45, 2.75) is 11.3 Å². The lowest BCUT2D eigenvalue weighted by molar-refractivity contribution is -0.264. The fourth-order valence-electron chi connectivity index (χ4n) is 3.27. The molecule has 0 aliphatic heterocycles. The van der Waals surface area contributed by atoms with E-state index in [1.807, 2.05) is 12.1 Å². The summed E-state index contributed by atoms with van der Waals surface area (Å²) >= 11 is 0. The van der Waals surface area contributed by atoms with Gasteiger partial charge in [0.2, 0.25) is 5.39 Å². The van der Waals surface area contributed by atoms with E-state index in [0.29, 0.717) is 6.42 Å². The zero-order valence-electron chi connectivity index (χ0n) is 16.1. The van der Waals surface area contributed by atoms with Crippen molar-refractivity contribution in [3.63, 3.8) is 0 Å². The fraction of sp³-hybridized carbons (Fsp3) is 0.0435. The number of hydrogen-bond donors (Lipinski definition) is 1. The lowest BCUT2D eigenvalue weighted by atomic mass is 10.1. The Hall–Kier alpha value is -4.09. The quantitative estimate of drug-likeness (QED) is 0.368. The van der Waals surface area contributed by atoms with Crippen LogP contribution < -0.4 is 9.29 Å². The Morgan fingerprint density at radius 2 is 1.52 bits per heavy atom. The fourth-order valence-corrected chi connectivity index (χ4v) is 4.42. The number of rotatable bonds is 5. The Balaban J connectivity index is 1.60. The van der Waals surface area contributed by atoms with Crippen LogP contribution in [0.3, 0.4) is 0 Å². The molecule has 8 heteroatoms. The van der Waals surface area contributed by atoms with Crippen molar-refractivity contribution in [2.75, 3.05) is 0 Å². The van der Waals surface area contributed by atoms with Crippen LogP contribution in [-0.2, 0) is 16.5 Å². The van der Waals surface area contributed by atoms with Crippen LogP contribution in [0, 0.1) is 5.39 Å². The molecule has 4 aromatic rings. The van der Waals surface area contributed by atoms with Crippen LogP contribution in [0.4, 0.5) is 5.69 Å². The number of phenolic OH excluding ortho intramolecular Hbond substituents is 1. The van der Waals surface area contributed by atoms with Gasteiger partial charge in [0.15, 0.2) is 4.98 Å². The minimum absolute atomic E-state index is 0.115. The molecule has 1 N–H and O–H groups in total. The van der Waals surface area contributed by atoms with Gasteiger partial charge in [0.1, 0.15) is 16.4 Å². The molecule has 0 heterocycles. The standard InChI is InChI=1S/C23H16N2O5S/c24-25-21-13-12-19-20(23(21)27)2-1-3-22(19)31(28,29)30-18-10-6-16(7-11-18)14-15-4-8-17(26)9-5-15/h1-13H,14H2,(H-,26,27). The average Bonchev–Trinajstić information content (AvgIpc) is 2.76. The van der Waals surface area contributed by atoms with Crippen molar-refractivity contribution < 1.29 is 22.8 Å². The first-order valence-electron chi connectivity index (χ1n) is 9.26. The molecule has 0 aliphatic carbocycles. The molecule has 0 aliphatic rings. The largest absolute Gasteiger partial charge is 0.867 e. The Bertz CT molecular complexity index is 1410. The summed E-state index contributed by atoms with van der Waals surface area (Å²) in [6, 6.07) is 20.4. The molecule has 0 unspecified atom stereocenters. The summed E-state index contributed by atoms with van der Waals surface area (Å²) in [7, 11) is -4.21. The SMILES string of the molecule is N#[N+]c1ccc2c(S(=O)(=O)Oc3ccc(Cc4ccc(O)cc4)cc3)cccc2c1[O-]. The maximum absolute atomic E-state index is 12.9. The highest BCUT2D eigenvalue weighted by molar-refractivity contribution is 7.87. The highest BCUT2D eigenvalue weighted by Crippen LogP contribution is 2.36. The Labute approximate surface area is 178 Å². The van der Waals surface area contributed by atoms with E-state index in [4.69, 9.17) is 9.58 Å². The zero-order chi connectivity index (χ0) is 22.0. The lowest BCUT2D eigenvalue weighted by Crippen LogP contribution is -2.10. The smallest absolute Gasteiger partial charge is 0.378 e. The summed E-state index contributed by atoms with van der Waals surface area (Å²) in [5, 5.41) is 30.9. The molecule has 0 spiro atoms. The van der Waals surface area contributed by atoms with Crippen LogP contribution in [0.25, 0.3) is 15.7 Å². The van der Waals surface area contributed by atoms with Crippen molar-refractivity contribution >= 4 is 26.6 Å². The second-order valence-electron chi connectivity index (χ2n) is 6.89. The molecule has 7 nitrogen and oxygen atoms in total. The molecule has 0 bridgehead atoms. The number of benzene rings is 4. The van der Waals surface area contributed by atoms with Gasteiger partial charge in [0, 0.05) is 11.5 Å². The van der Waals surface area contributed by atoms with Crippen LogP contribution in [-0.4, -0.2) is 13.5 Å². The molecule has 0 radical (unpaired) electrons. The minimum atomic E-state index is -4.21. The molecule has 4 aromatic carbocycles. The van der Waals surface area contributed by atoms with Gasteiger partial charge in [-0.1, -0.05) is 36.4 Å². The third-order valence-electron chi connectivity index (χ3n) is 4.80. The molecular formula is C23H16N2O5S. The topological polar surface area (TPSA) is 115 Å². The summed E-state index contributed by atoms with van der Waals surface area (Å²) < 4.78 is 31.0. The van der Waals surface area contributed by atoms with Crippen LogP contribution in [0.5, 0.6) is 17.2 Å². The van der Waals surface area contributed by atoms with Gasteiger partial charge in [-0.25, -0.2) is 0 Å². The van der Waals surface area contributed by atoms with E-state index >= 15 is 0 Å². The molecule has 0 aromatic heterocycles. The van der Waals surface area contributed by atoms with Crippen LogP contribution in [0.15, 0.2) is 83.8 Å². The monoisotopic (exact) mass is 432 g/mol. The molecule has 0 saturated heterocycles. The molecule has 31 heavy (non-hydrogen) atoms. The van der Waals surface area contributed by atoms with Crippen molar-refractivity contribution in [3.8, 4) is 17.2 Å². The summed E-state index contributed by atoms with van der Waals surface area (Å²) in [5.41, 5.74) is 1.77. The number of phenols is 1. The number of fused-ring (bicyclic) bond motifs is 1. The molecule has 0 amide bonds. The highest BCUT2D eigenvalue weighted by atomic mass is 32.2. The molecule has 4 rings (SSSR count). The number of hydrogen-bond acceptors (Lipinski definition) is 6. The molecule has 0 atom stereocenters. The summed E-state index contributed by atoms with van der Waals surface area (Å²) in [5.74, 6) is -0.247. The van der Waals surface area contributed by atoms with Gasteiger partial charge in [-0.05, 0) is 65.1 Å². The van der Waals surface area contributed by atoms with Gasteiger partial charge in [0.05, 0.1) is 0 Å². The Kier molecular flexibility index (Phi) is 5.19. The first-order valence-corrected chi connectivity index (χ1v) is 10.7. The van der Waals surface area contributed by atoms with E-state index in [2.05, 4.69) is 4.98 Å². The normalized spacial score (nSPS) is 11.2. The lowest BCUT2D eigenvalue weighted by Gasteiger charge is -2.12. The van der Waals surface area contributed by atoms with Crippen molar-refractivity contribution in [1.82, 2.24) is 0 Å². The predicted molar refractivity (Wildman–Crippen MR) is 113 cm³/mol. The van der Waals surface area contributed by atoms with E-state index in [1.165, 1.54) is 30.3 Å². The molecule has 0 saturated carbocycles. The van der Waals surface area contributed by atoms with Gasteiger partial charge < -0.3 is 14.4 Å². The van der Waals surface area contributed by atoms with E-state index in [1.54, 1.807) is 36.4 Å². The van der Waals surface area contributed by atoms with Crippen LogP contribution in [0.1, 0.15) is 11.1 Å². The van der Waals surface area contributed by atoms with E-state index in [9.17, 15) is 18.6 Å². The van der Waals surface area contributed by atoms with Crippen molar-refractivity contribution in [1.29, 1.82) is 5.39 Å². The van der Waals surface area contributed by atoms with Crippen molar-refractivity contribution in [3.05, 3.63) is 95.0 Å². The first kappa shape index (κ1) is 20.2. The van der Waals surface area contributed by atoms with Gasteiger partial charge in [-0.2, -0.15) is 8.42 Å². The predicted octanol–water partition coefficient (Wildman–Crippen LogP) is 4.46. The first-order chi connectivity index (χ1) is 14.9. The molecule has 0 fully saturated rings. The molecular weight excluding hydrogens is 416 g/mol. The summed E-state index contributed by atoms with van der Waals surface area (Å²) in [4.78, 5) is 2.76. The van der Waals surface area contributed by atoms with Gasteiger partial charge in [0.25, 0.3) is 0 Å². The van der Waals surface area contributed by atoms with E-state index in [-0.39, 0.29) is 32.9 Å². The number of aromatic hydroxyl groups is 1. The third kappa shape index (κ3) is 4.13. The highest BCUT2D eigenvalue weighted by Gasteiger charge is 2.21. The van der Waals surface area contributed by atoms with E-state index in [0.717, 1.165) is 11.1 Å². The van der Waals surface area contributed by atoms with Crippen LogP contribution >= 0.6 is 0 Å². The average molecular weight is 432 g/mol. The Morgan fingerprint density at radius 3 is 2.16 bits per heavy atom. The maximum Gasteiger partial charge on any atom is 0.378 e.